The maximum atomic E-state index is 12.7. The van der Waals surface area contributed by atoms with E-state index in [-0.39, 0.29) is 18.4 Å². The Bertz CT molecular complexity index is 1320. The molecule has 1 saturated carbocycles. The lowest BCUT2D eigenvalue weighted by atomic mass is 9.86. The molecule has 1 aliphatic heterocycles. The van der Waals surface area contributed by atoms with Crippen molar-refractivity contribution in [2.24, 2.45) is 5.92 Å². The van der Waals surface area contributed by atoms with Crippen LogP contribution in [0.2, 0.25) is 0 Å². The Labute approximate surface area is 256 Å². The number of sulfonamides is 1. The summed E-state index contributed by atoms with van der Waals surface area (Å²) in [6.07, 6.45) is 13.9. The molecule has 238 valence electrons. The fourth-order valence-electron chi connectivity index (χ4n) is 6.08. The number of hydrogen-bond donors (Lipinski definition) is 2. The molecule has 2 fully saturated rings. The molecule has 1 aromatic heterocycles. The molecule has 1 unspecified atom stereocenters. The topological polar surface area (TPSA) is 131 Å². The number of nitrogens with zero attached hydrogens (tertiary/aromatic N) is 2. The van der Waals surface area contributed by atoms with Crippen molar-refractivity contribution in [2.75, 3.05) is 20.2 Å². The molecular weight excluding hydrogens is 568 g/mol. The second kappa shape index (κ2) is 15.7. The van der Waals surface area contributed by atoms with Gasteiger partial charge in [0.2, 0.25) is 21.8 Å². The molecule has 2 aliphatic rings. The highest BCUT2D eigenvalue weighted by molar-refractivity contribution is 7.90. The van der Waals surface area contributed by atoms with Gasteiger partial charge in [0.1, 0.15) is 12.0 Å². The zero-order valence-corrected chi connectivity index (χ0v) is 26.7. The molecule has 0 radical (unpaired) electrons. The van der Waals surface area contributed by atoms with Crippen molar-refractivity contribution < 1.29 is 27.2 Å². The molecule has 0 bridgehead atoms. The van der Waals surface area contributed by atoms with Crippen LogP contribution in [0, 0.1) is 5.92 Å². The number of ether oxygens (including phenoxy) is 1. The third-order valence-corrected chi connectivity index (χ3v) is 10.5. The second-order valence-corrected chi connectivity index (χ2v) is 14.4. The number of carbonyl (C=O) groups excluding carboxylic acids is 2. The van der Waals surface area contributed by atoms with E-state index in [0.29, 0.717) is 36.8 Å². The number of carbonyl (C=O) groups is 2. The van der Waals surface area contributed by atoms with Crippen LogP contribution in [0.5, 0.6) is 5.75 Å². The van der Waals surface area contributed by atoms with Crippen LogP contribution in [0.1, 0.15) is 118 Å². The van der Waals surface area contributed by atoms with E-state index in [1.54, 1.807) is 7.11 Å². The van der Waals surface area contributed by atoms with Gasteiger partial charge < -0.3 is 14.5 Å². The fraction of sp³-hybridized carbons (Fsp3) is 0.656. The smallest absolute Gasteiger partial charge is 0.273 e. The van der Waals surface area contributed by atoms with Gasteiger partial charge in [0.25, 0.3) is 5.91 Å². The number of nitrogens with one attached hydrogen (secondary N) is 2. The molecule has 0 spiro atoms. The Balaban J connectivity index is 1.32. The molecule has 2 amide bonds. The van der Waals surface area contributed by atoms with Crippen LogP contribution in [0.15, 0.2) is 28.9 Å². The molecule has 10 nitrogen and oxygen atoms in total. The van der Waals surface area contributed by atoms with Gasteiger partial charge >= 0.3 is 0 Å². The second-order valence-electron chi connectivity index (χ2n) is 12.2. The number of methoxy groups -OCH3 is 1. The number of aryl methyl sites for hydroxylation is 1. The highest BCUT2D eigenvalue weighted by atomic mass is 32.2. The Morgan fingerprint density at radius 1 is 1.09 bits per heavy atom. The maximum Gasteiger partial charge on any atom is 0.273 e. The number of amides is 2. The van der Waals surface area contributed by atoms with Gasteiger partial charge in [-0.3, -0.25) is 19.2 Å². The van der Waals surface area contributed by atoms with Gasteiger partial charge in [-0.05, 0) is 75.3 Å². The van der Waals surface area contributed by atoms with Gasteiger partial charge in [0.15, 0.2) is 5.69 Å². The first kappa shape index (κ1) is 33.0. The van der Waals surface area contributed by atoms with Crippen molar-refractivity contribution in [3.8, 4) is 5.75 Å². The van der Waals surface area contributed by atoms with E-state index in [4.69, 9.17) is 9.15 Å². The third kappa shape index (κ3) is 9.53. The average Bonchev–Trinajstić information content (AvgIpc) is 3.66. The van der Waals surface area contributed by atoms with Crippen molar-refractivity contribution in [1.29, 1.82) is 0 Å². The highest BCUT2D eigenvalue weighted by Crippen LogP contribution is 2.34. The summed E-state index contributed by atoms with van der Waals surface area (Å²) in [6.45, 7) is 5.12. The fourth-order valence-corrected chi connectivity index (χ4v) is 6.74. The summed E-state index contributed by atoms with van der Waals surface area (Å²) in [7, 11) is -2.06. The molecule has 1 saturated heterocycles. The maximum absolute atomic E-state index is 12.7. The van der Waals surface area contributed by atoms with E-state index in [0.717, 1.165) is 49.3 Å². The normalized spacial score (nSPS) is 18.2. The molecule has 1 aromatic carbocycles. The van der Waals surface area contributed by atoms with Gasteiger partial charge in [0.05, 0.1) is 18.4 Å². The predicted molar refractivity (Wildman–Crippen MR) is 165 cm³/mol. The molecule has 2 heterocycles. The molecule has 43 heavy (non-hydrogen) atoms. The van der Waals surface area contributed by atoms with Gasteiger partial charge in [-0.15, -0.1) is 0 Å². The number of rotatable bonds is 15. The first-order chi connectivity index (χ1) is 20.7. The number of benzene rings is 1. The minimum absolute atomic E-state index is 0.0491. The van der Waals surface area contributed by atoms with Crippen LogP contribution in [0.3, 0.4) is 0 Å². The van der Waals surface area contributed by atoms with Gasteiger partial charge in [-0.25, -0.2) is 13.4 Å². The molecular formula is C32H48N4O6S. The first-order valence-corrected chi connectivity index (χ1v) is 17.4. The summed E-state index contributed by atoms with van der Waals surface area (Å²) in [5.74, 6) is 1.37. The zero-order chi connectivity index (χ0) is 30.8. The zero-order valence-electron chi connectivity index (χ0n) is 25.9. The Morgan fingerprint density at radius 3 is 2.63 bits per heavy atom. The molecule has 2 N–H and O–H groups in total. The lowest BCUT2D eigenvalue weighted by Crippen LogP contribution is -2.35. The number of likely N-dealkylation sites (tertiary alicyclic amines) is 1. The van der Waals surface area contributed by atoms with Crippen LogP contribution in [0.4, 0.5) is 0 Å². The molecule has 2 aromatic rings. The SMILES string of the molecule is COc1ccc(CCC(=O)NS(=O)(=O)C(C)C)c(CN2CCCC2c2nc(C(=O)NCCCCC3CCCCC3)co2)c1. The first-order valence-electron chi connectivity index (χ1n) is 15.8. The summed E-state index contributed by atoms with van der Waals surface area (Å²) >= 11 is 0. The van der Waals surface area contributed by atoms with E-state index < -0.39 is 21.2 Å². The van der Waals surface area contributed by atoms with Crippen molar-refractivity contribution in [1.82, 2.24) is 19.9 Å². The Morgan fingerprint density at radius 2 is 1.88 bits per heavy atom. The number of aromatic nitrogens is 1. The summed E-state index contributed by atoms with van der Waals surface area (Å²) in [5, 5.41) is 2.31. The summed E-state index contributed by atoms with van der Waals surface area (Å²) in [5.41, 5.74) is 2.24. The highest BCUT2D eigenvalue weighted by Gasteiger charge is 2.31. The van der Waals surface area contributed by atoms with Crippen LogP contribution in [-0.4, -0.2) is 55.6 Å². The standard InChI is InChI=1S/C32H48N4O6S/c1-23(2)43(39,40)35-30(37)17-15-25-14-16-27(41-3)20-26(25)21-36-19-9-13-29(36)32-34-28(22-42-32)31(38)33-18-8-7-12-24-10-5-4-6-11-24/h14,16,20,22-24,29H,4-13,15,17-19,21H2,1-3H3,(H,33,38)(H,35,37). The monoisotopic (exact) mass is 616 g/mol. The van der Waals surface area contributed by atoms with Crippen LogP contribution >= 0.6 is 0 Å². The van der Waals surface area contributed by atoms with E-state index in [1.165, 1.54) is 58.6 Å². The van der Waals surface area contributed by atoms with Crippen LogP contribution in [-0.2, 0) is 27.8 Å². The van der Waals surface area contributed by atoms with E-state index in [2.05, 4.69) is 19.9 Å². The van der Waals surface area contributed by atoms with Gasteiger partial charge in [-0.1, -0.05) is 51.0 Å². The van der Waals surface area contributed by atoms with E-state index >= 15 is 0 Å². The molecule has 1 aliphatic carbocycles. The summed E-state index contributed by atoms with van der Waals surface area (Å²) in [4.78, 5) is 32.0. The summed E-state index contributed by atoms with van der Waals surface area (Å²) in [6, 6.07) is 5.65. The average molecular weight is 617 g/mol. The quantitative estimate of drug-likeness (QED) is 0.258. The van der Waals surface area contributed by atoms with Crippen molar-refractivity contribution in [2.45, 2.75) is 109 Å². The van der Waals surface area contributed by atoms with E-state index in [1.807, 2.05) is 18.2 Å². The summed E-state index contributed by atoms with van der Waals surface area (Å²) < 4.78 is 37.6. The largest absolute Gasteiger partial charge is 0.497 e. The van der Waals surface area contributed by atoms with Gasteiger partial charge in [-0.2, -0.15) is 0 Å². The lowest BCUT2D eigenvalue weighted by Gasteiger charge is -2.24. The predicted octanol–water partition coefficient (Wildman–Crippen LogP) is 5.29. The molecule has 4 rings (SSSR count). The van der Waals surface area contributed by atoms with Crippen molar-refractivity contribution in [3.05, 3.63) is 47.2 Å². The van der Waals surface area contributed by atoms with Crippen LogP contribution < -0.4 is 14.8 Å². The van der Waals surface area contributed by atoms with Crippen molar-refractivity contribution >= 4 is 21.8 Å². The number of oxazole rings is 1. The number of hydrogen-bond acceptors (Lipinski definition) is 8. The Hall–Kier alpha value is -2.92. The minimum Gasteiger partial charge on any atom is -0.497 e. The molecule has 1 atom stereocenters. The minimum atomic E-state index is -3.67. The van der Waals surface area contributed by atoms with Crippen LogP contribution in [0.25, 0.3) is 0 Å². The third-order valence-electron chi connectivity index (χ3n) is 8.74. The van der Waals surface area contributed by atoms with Gasteiger partial charge in [0, 0.05) is 19.5 Å². The number of unbranched alkanes of at least 4 members (excludes halogenated alkanes) is 1. The molecule has 11 heteroatoms. The van der Waals surface area contributed by atoms with E-state index in [9.17, 15) is 18.0 Å². The van der Waals surface area contributed by atoms with Crippen molar-refractivity contribution in [3.63, 3.8) is 0 Å². The Kier molecular flexibility index (Phi) is 12.0. The lowest BCUT2D eigenvalue weighted by molar-refractivity contribution is -0.119.